The normalized spacial score (nSPS) is 10.6. The summed E-state index contributed by atoms with van der Waals surface area (Å²) in [5.41, 5.74) is 6.35. The van der Waals surface area contributed by atoms with Crippen LogP contribution in [0, 0.1) is 5.82 Å². The molecule has 0 radical (unpaired) electrons. The number of rotatable bonds is 3. The lowest BCUT2D eigenvalue weighted by Gasteiger charge is -2.08. The Morgan fingerprint density at radius 2 is 2.25 bits per heavy atom. The lowest BCUT2D eigenvalue weighted by atomic mass is 10.0. The Kier molecular flexibility index (Phi) is 3.71. The van der Waals surface area contributed by atoms with E-state index < -0.39 is 18.4 Å². The van der Waals surface area contributed by atoms with Crippen LogP contribution in [0.2, 0.25) is 0 Å². The topological polar surface area (TPSA) is 90.4 Å². The van der Waals surface area contributed by atoms with Gasteiger partial charge in [-0.3, -0.25) is 4.68 Å². The maximum Gasteiger partial charge on any atom is 0.341 e. The van der Waals surface area contributed by atoms with Crippen LogP contribution in [-0.4, -0.2) is 28.0 Å². The number of aromatic nitrogens is 2. The molecular weight excluding hydrogens is 265 g/mol. The first-order valence-electron chi connectivity index (χ1n) is 5.79. The van der Waals surface area contributed by atoms with E-state index in [1.165, 1.54) is 30.1 Å². The average Bonchev–Trinajstić information content (AvgIpc) is 2.82. The number of hydrogen-bond donors (Lipinski definition) is 2. The zero-order valence-corrected chi connectivity index (χ0v) is 11.1. The van der Waals surface area contributed by atoms with Crippen LogP contribution in [0.1, 0.15) is 15.9 Å². The zero-order valence-electron chi connectivity index (χ0n) is 11.1. The van der Waals surface area contributed by atoms with Gasteiger partial charge in [-0.25, -0.2) is 9.18 Å². The SMILES string of the molecule is COC(=O)c1cn(C)nc1-c1ccc(CO)c(F)c1N. The molecule has 1 heterocycles. The second-order valence-electron chi connectivity index (χ2n) is 4.21. The summed E-state index contributed by atoms with van der Waals surface area (Å²) < 4.78 is 20.0. The fourth-order valence-corrected chi connectivity index (χ4v) is 1.91. The largest absolute Gasteiger partial charge is 0.465 e. The molecule has 0 amide bonds. The Morgan fingerprint density at radius 3 is 2.85 bits per heavy atom. The Bertz CT molecular complexity index is 667. The van der Waals surface area contributed by atoms with Crippen LogP contribution in [0.25, 0.3) is 11.3 Å². The number of hydrogen-bond acceptors (Lipinski definition) is 5. The van der Waals surface area contributed by atoms with E-state index in [0.29, 0.717) is 0 Å². The summed E-state index contributed by atoms with van der Waals surface area (Å²) in [6, 6.07) is 2.91. The van der Waals surface area contributed by atoms with Gasteiger partial charge < -0.3 is 15.6 Å². The molecule has 20 heavy (non-hydrogen) atoms. The molecule has 3 N–H and O–H groups in total. The van der Waals surface area contributed by atoms with E-state index in [0.717, 1.165) is 0 Å². The second kappa shape index (κ2) is 5.30. The molecule has 0 aliphatic heterocycles. The first kappa shape index (κ1) is 14.0. The van der Waals surface area contributed by atoms with E-state index in [1.807, 2.05) is 0 Å². The lowest BCUT2D eigenvalue weighted by molar-refractivity contribution is 0.0601. The fourth-order valence-electron chi connectivity index (χ4n) is 1.91. The minimum atomic E-state index is -0.716. The minimum absolute atomic E-state index is 0.0850. The van der Waals surface area contributed by atoms with Gasteiger partial charge in [-0.1, -0.05) is 12.1 Å². The summed E-state index contributed by atoms with van der Waals surface area (Å²) in [5.74, 6) is -1.30. The predicted molar refractivity (Wildman–Crippen MR) is 70.3 cm³/mol. The predicted octanol–water partition coefficient (Wildman–Crippen LogP) is 1.09. The van der Waals surface area contributed by atoms with Crippen molar-refractivity contribution < 1.29 is 19.0 Å². The van der Waals surface area contributed by atoms with Crippen molar-refractivity contribution in [2.75, 3.05) is 12.8 Å². The smallest absolute Gasteiger partial charge is 0.341 e. The number of ether oxygens (including phenoxy) is 1. The molecule has 0 atom stereocenters. The molecule has 6 nitrogen and oxygen atoms in total. The quantitative estimate of drug-likeness (QED) is 0.648. The third-order valence-electron chi connectivity index (χ3n) is 2.92. The third-order valence-corrected chi connectivity index (χ3v) is 2.92. The molecule has 0 aliphatic rings. The second-order valence-corrected chi connectivity index (χ2v) is 4.21. The molecule has 2 rings (SSSR count). The van der Waals surface area contributed by atoms with Gasteiger partial charge in [-0.15, -0.1) is 0 Å². The molecule has 0 saturated carbocycles. The molecule has 0 aliphatic carbocycles. The van der Waals surface area contributed by atoms with Gasteiger partial charge >= 0.3 is 5.97 Å². The van der Waals surface area contributed by atoms with Crippen LogP contribution in [-0.2, 0) is 18.4 Å². The fraction of sp³-hybridized carbons (Fsp3) is 0.231. The zero-order chi connectivity index (χ0) is 14.9. The summed E-state index contributed by atoms with van der Waals surface area (Å²) in [4.78, 5) is 11.7. The van der Waals surface area contributed by atoms with Gasteiger partial charge in [-0.05, 0) is 0 Å². The highest BCUT2D eigenvalue weighted by Gasteiger charge is 2.21. The minimum Gasteiger partial charge on any atom is -0.465 e. The lowest BCUT2D eigenvalue weighted by Crippen LogP contribution is -2.04. The van der Waals surface area contributed by atoms with Crippen molar-refractivity contribution in [1.82, 2.24) is 9.78 Å². The number of anilines is 1. The van der Waals surface area contributed by atoms with Gasteiger partial charge in [0, 0.05) is 24.4 Å². The van der Waals surface area contributed by atoms with Crippen LogP contribution in [0.5, 0.6) is 0 Å². The molecular formula is C13H14FN3O3. The number of nitrogen functional groups attached to an aromatic ring is 1. The molecule has 7 heteroatoms. The summed E-state index contributed by atoms with van der Waals surface area (Å²) >= 11 is 0. The summed E-state index contributed by atoms with van der Waals surface area (Å²) in [7, 11) is 2.88. The van der Waals surface area contributed by atoms with Gasteiger partial charge in [0.05, 0.1) is 19.4 Å². The number of carbonyl (C=O) groups excluding carboxylic acids is 1. The Balaban J connectivity index is 2.63. The third kappa shape index (κ3) is 2.23. The molecule has 0 bridgehead atoms. The van der Waals surface area contributed by atoms with Gasteiger partial charge in [0.1, 0.15) is 11.3 Å². The Hall–Kier alpha value is -2.41. The van der Waals surface area contributed by atoms with Crippen LogP contribution in [0.15, 0.2) is 18.3 Å². The highest BCUT2D eigenvalue weighted by atomic mass is 19.1. The van der Waals surface area contributed by atoms with E-state index in [-0.39, 0.29) is 28.1 Å². The van der Waals surface area contributed by atoms with Crippen molar-refractivity contribution >= 4 is 11.7 Å². The number of carbonyl (C=O) groups is 1. The van der Waals surface area contributed by atoms with Crippen LogP contribution < -0.4 is 5.73 Å². The van der Waals surface area contributed by atoms with E-state index in [9.17, 15) is 9.18 Å². The van der Waals surface area contributed by atoms with Gasteiger partial charge in [0.2, 0.25) is 0 Å². The number of esters is 1. The number of benzene rings is 1. The summed E-state index contributed by atoms with van der Waals surface area (Å²) in [6.07, 6.45) is 1.47. The Labute approximate surface area is 114 Å². The van der Waals surface area contributed by atoms with Gasteiger partial charge in [0.25, 0.3) is 0 Å². The molecule has 0 fully saturated rings. The van der Waals surface area contributed by atoms with Crippen LogP contribution in [0.4, 0.5) is 10.1 Å². The molecule has 1 aromatic carbocycles. The standard InChI is InChI=1S/C13H14FN3O3/c1-17-5-9(13(19)20-2)12(16-17)8-4-3-7(6-18)10(14)11(8)15/h3-5,18H,6,15H2,1-2H3. The Morgan fingerprint density at radius 1 is 1.55 bits per heavy atom. The number of nitrogens with zero attached hydrogens (tertiary/aromatic N) is 2. The number of aliphatic hydroxyl groups is 1. The highest BCUT2D eigenvalue weighted by molar-refractivity contribution is 5.97. The number of aryl methyl sites for hydroxylation is 1. The highest BCUT2D eigenvalue weighted by Crippen LogP contribution is 2.31. The molecule has 106 valence electrons. The van der Waals surface area contributed by atoms with Gasteiger partial charge in [-0.2, -0.15) is 5.10 Å². The first-order chi connectivity index (χ1) is 9.49. The van der Waals surface area contributed by atoms with E-state index >= 15 is 0 Å². The maximum atomic E-state index is 13.9. The van der Waals surface area contributed by atoms with E-state index in [2.05, 4.69) is 9.84 Å². The van der Waals surface area contributed by atoms with Crippen molar-refractivity contribution in [2.45, 2.75) is 6.61 Å². The number of halogens is 1. The molecule has 0 unspecified atom stereocenters. The maximum absolute atomic E-state index is 13.9. The van der Waals surface area contributed by atoms with Crippen molar-refractivity contribution in [3.63, 3.8) is 0 Å². The van der Waals surface area contributed by atoms with E-state index in [4.69, 9.17) is 10.8 Å². The van der Waals surface area contributed by atoms with Crippen molar-refractivity contribution in [3.05, 3.63) is 35.3 Å². The van der Waals surface area contributed by atoms with Crippen molar-refractivity contribution in [2.24, 2.45) is 7.05 Å². The summed E-state index contributed by atoms with van der Waals surface area (Å²) in [5, 5.41) is 13.1. The average molecular weight is 279 g/mol. The monoisotopic (exact) mass is 279 g/mol. The molecule has 0 saturated heterocycles. The first-order valence-corrected chi connectivity index (χ1v) is 5.79. The van der Waals surface area contributed by atoms with Crippen LogP contribution >= 0.6 is 0 Å². The molecule has 0 spiro atoms. The van der Waals surface area contributed by atoms with E-state index in [1.54, 1.807) is 7.05 Å². The number of methoxy groups -OCH3 is 1. The number of aliphatic hydroxyl groups excluding tert-OH is 1. The number of nitrogens with two attached hydrogens (primary N) is 1. The van der Waals surface area contributed by atoms with Crippen molar-refractivity contribution in [3.8, 4) is 11.3 Å². The molecule has 2 aromatic rings. The van der Waals surface area contributed by atoms with Gasteiger partial charge in [0.15, 0.2) is 5.82 Å². The molecule has 1 aromatic heterocycles. The van der Waals surface area contributed by atoms with Crippen LogP contribution in [0.3, 0.4) is 0 Å². The van der Waals surface area contributed by atoms with Crippen molar-refractivity contribution in [1.29, 1.82) is 0 Å². The summed E-state index contributed by atoms with van der Waals surface area (Å²) in [6.45, 7) is -0.456.